The van der Waals surface area contributed by atoms with Gasteiger partial charge in [-0.1, -0.05) is 6.07 Å². The Kier molecular flexibility index (Phi) is 5.51. The number of amides is 1. The molecule has 1 amide bonds. The molecular weight excluding hydrogens is 394 g/mol. The number of nitrogens with zero attached hydrogens (tertiary/aromatic N) is 6. The van der Waals surface area contributed by atoms with E-state index in [2.05, 4.69) is 20.5 Å². The molecule has 0 bridgehead atoms. The lowest BCUT2D eigenvalue weighted by atomic mass is 10.1. The lowest BCUT2D eigenvalue weighted by Crippen LogP contribution is -2.38. The molecule has 0 radical (unpaired) electrons. The summed E-state index contributed by atoms with van der Waals surface area (Å²) in [5, 5.41) is 12.2. The van der Waals surface area contributed by atoms with Crippen molar-refractivity contribution < 1.29 is 4.79 Å². The summed E-state index contributed by atoms with van der Waals surface area (Å²) in [6, 6.07) is 5.57. The standard InChI is InChI=1S/C22H29N7O2/c1-15-12-18(29(25-15)22(2,3)4)20(30)24-17-7-8-19-26-28(21(31)27(19)11-9-17)14-16-6-5-10-23-13-16/h5-6,10,12-13,17H,7-9,11,14H2,1-4H3,(H,24,30). The van der Waals surface area contributed by atoms with Crippen molar-refractivity contribution in [2.24, 2.45) is 0 Å². The first-order valence-corrected chi connectivity index (χ1v) is 10.7. The Labute approximate surface area is 181 Å². The third-order valence-electron chi connectivity index (χ3n) is 5.51. The van der Waals surface area contributed by atoms with Crippen LogP contribution in [0.5, 0.6) is 0 Å². The predicted octanol–water partition coefficient (Wildman–Crippen LogP) is 1.88. The Morgan fingerprint density at radius 1 is 1.26 bits per heavy atom. The molecule has 0 aliphatic carbocycles. The fourth-order valence-electron chi connectivity index (χ4n) is 3.97. The van der Waals surface area contributed by atoms with Crippen LogP contribution in [-0.4, -0.2) is 41.1 Å². The molecule has 9 heteroatoms. The summed E-state index contributed by atoms with van der Waals surface area (Å²) in [6.45, 7) is 8.90. The van der Waals surface area contributed by atoms with Gasteiger partial charge in [-0.3, -0.25) is 19.0 Å². The normalized spacial score (nSPS) is 16.6. The number of hydrogen-bond acceptors (Lipinski definition) is 5. The molecule has 3 aromatic heterocycles. The number of carbonyl (C=O) groups is 1. The molecule has 31 heavy (non-hydrogen) atoms. The van der Waals surface area contributed by atoms with E-state index in [4.69, 9.17) is 0 Å². The summed E-state index contributed by atoms with van der Waals surface area (Å²) in [6.07, 6.45) is 5.50. The van der Waals surface area contributed by atoms with Gasteiger partial charge < -0.3 is 5.32 Å². The van der Waals surface area contributed by atoms with Crippen molar-refractivity contribution in [3.8, 4) is 0 Å². The van der Waals surface area contributed by atoms with Gasteiger partial charge in [0.05, 0.1) is 17.8 Å². The number of fused-ring (bicyclic) bond motifs is 1. The van der Waals surface area contributed by atoms with E-state index < -0.39 is 0 Å². The van der Waals surface area contributed by atoms with E-state index in [0.29, 0.717) is 31.6 Å². The zero-order valence-corrected chi connectivity index (χ0v) is 18.5. The van der Waals surface area contributed by atoms with Gasteiger partial charge in [-0.15, -0.1) is 0 Å². The third kappa shape index (κ3) is 4.45. The molecule has 0 saturated heterocycles. The van der Waals surface area contributed by atoms with Crippen molar-refractivity contribution in [1.82, 2.24) is 34.4 Å². The van der Waals surface area contributed by atoms with E-state index in [1.807, 2.05) is 45.9 Å². The Balaban J connectivity index is 1.45. The van der Waals surface area contributed by atoms with Crippen LogP contribution >= 0.6 is 0 Å². The molecule has 0 spiro atoms. The highest BCUT2D eigenvalue weighted by atomic mass is 16.2. The van der Waals surface area contributed by atoms with Crippen molar-refractivity contribution in [3.05, 3.63) is 63.9 Å². The average Bonchev–Trinajstić information content (AvgIpc) is 3.18. The predicted molar refractivity (Wildman–Crippen MR) is 116 cm³/mol. The second kappa shape index (κ2) is 8.13. The second-order valence-corrected chi connectivity index (χ2v) is 9.12. The Morgan fingerprint density at radius 3 is 2.77 bits per heavy atom. The van der Waals surface area contributed by atoms with Crippen LogP contribution in [0.2, 0.25) is 0 Å². The van der Waals surface area contributed by atoms with E-state index in [9.17, 15) is 9.59 Å². The molecule has 1 aliphatic rings. The fourth-order valence-corrected chi connectivity index (χ4v) is 3.97. The summed E-state index contributed by atoms with van der Waals surface area (Å²) in [5.41, 5.74) is 1.91. The maximum atomic E-state index is 13.0. The highest BCUT2D eigenvalue weighted by Crippen LogP contribution is 2.18. The lowest BCUT2D eigenvalue weighted by molar-refractivity contribution is 0.0914. The summed E-state index contributed by atoms with van der Waals surface area (Å²) in [5.74, 6) is 0.635. The molecule has 164 valence electrons. The van der Waals surface area contributed by atoms with Gasteiger partial charge in [0.2, 0.25) is 0 Å². The molecule has 1 atom stereocenters. The molecule has 4 rings (SSSR count). The minimum atomic E-state index is -0.286. The molecule has 0 saturated carbocycles. The van der Waals surface area contributed by atoms with Crippen LogP contribution in [0.3, 0.4) is 0 Å². The van der Waals surface area contributed by atoms with Gasteiger partial charge in [0.1, 0.15) is 11.5 Å². The number of aromatic nitrogens is 6. The van der Waals surface area contributed by atoms with Crippen molar-refractivity contribution in [3.63, 3.8) is 0 Å². The molecule has 1 unspecified atom stereocenters. The molecule has 3 aromatic rings. The maximum Gasteiger partial charge on any atom is 0.346 e. The molecule has 1 aliphatic heterocycles. The van der Waals surface area contributed by atoms with E-state index in [0.717, 1.165) is 23.5 Å². The highest BCUT2D eigenvalue weighted by Gasteiger charge is 2.26. The molecular formula is C22H29N7O2. The Bertz CT molecular complexity index is 1140. The molecule has 9 nitrogen and oxygen atoms in total. The molecule has 4 heterocycles. The Morgan fingerprint density at radius 2 is 2.06 bits per heavy atom. The van der Waals surface area contributed by atoms with Crippen LogP contribution in [0.15, 0.2) is 35.4 Å². The van der Waals surface area contributed by atoms with Crippen molar-refractivity contribution in [2.45, 2.75) is 71.6 Å². The van der Waals surface area contributed by atoms with Gasteiger partial charge in [-0.05, 0) is 58.2 Å². The van der Waals surface area contributed by atoms with Crippen LogP contribution in [-0.2, 0) is 25.0 Å². The average molecular weight is 424 g/mol. The lowest BCUT2D eigenvalue weighted by Gasteiger charge is -2.23. The number of hydrogen-bond donors (Lipinski definition) is 1. The first-order chi connectivity index (χ1) is 14.7. The Hall–Kier alpha value is -3.23. The van der Waals surface area contributed by atoms with Gasteiger partial charge in [0, 0.05) is 31.4 Å². The van der Waals surface area contributed by atoms with Crippen LogP contribution in [0, 0.1) is 6.92 Å². The molecule has 1 N–H and O–H groups in total. The van der Waals surface area contributed by atoms with Gasteiger partial charge in [0.15, 0.2) is 0 Å². The van der Waals surface area contributed by atoms with E-state index >= 15 is 0 Å². The number of nitrogens with one attached hydrogen (secondary N) is 1. The largest absolute Gasteiger partial charge is 0.348 e. The van der Waals surface area contributed by atoms with Crippen LogP contribution in [0.25, 0.3) is 0 Å². The van der Waals surface area contributed by atoms with Gasteiger partial charge in [-0.25, -0.2) is 9.48 Å². The van der Waals surface area contributed by atoms with Crippen molar-refractivity contribution in [2.75, 3.05) is 0 Å². The van der Waals surface area contributed by atoms with E-state index in [-0.39, 0.29) is 23.2 Å². The van der Waals surface area contributed by atoms with Crippen molar-refractivity contribution >= 4 is 5.91 Å². The topological polar surface area (TPSA) is 99.6 Å². The highest BCUT2D eigenvalue weighted by molar-refractivity contribution is 5.93. The third-order valence-corrected chi connectivity index (χ3v) is 5.51. The zero-order chi connectivity index (χ0) is 22.2. The number of pyridine rings is 1. The summed E-state index contributed by atoms with van der Waals surface area (Å²) in [4.78, 5) is 29.9. The number of rotatable bonds is 4. The van der Waals surface area contributed by atoms with Gasteiger partial charge >= 0.3 is 5.69 Å². The summed E-state index contributed by atoms with van der Waals surface area (Å²) >= 11 is 0. The van der Waals surface area contributed by atoms with E-state index in [1.165, 1.54) is 4.68 Å². The second-order valence-electron chi connectivity index (χ2n) is 9.12. The van der Waals surface area contributed by atoms with Crippen LogP contribution in [0.4, 0.5) is 0 Å². The van der Waals surface area contributed by atoms with Gasteiger partial charge in [-0.2, -0.15) is 10.2 Å². The summed E-state index contributed by atoms with van der Waals surface area (Å²) < 4.78 is 5.00. The smallest absolute Gasteiger partial charge is 0.346 e. The quantitative estimate of drug-likeness (QED) is 0.691. The maximum absolute atomic E-state index is 13.0. The first kappa shape index (κ1) is 21.0. The molecule has 0 fully saturated rings. The number of aryl methyl sites for hydroxylation is 2. The van der Waals surface area contributed by atoms with Crippen LogP contribution < -0.4 is 11.0 Å². The number of carbonyl (C=O) groups excluding carboxylic acids is 1. The monoisotopic (exact) mass is 423 g/mol. The first-order valence-electron chi connectivity index (χ1n) is 10.7. The minimum Gasteiger partial charge on any atom is -0.348 e. The molecule has 0 aromatic carbocycles. The van der Waals surface area contributed by atoms with Gasteiger partial charge in [0.25, 0.3) is 5.91 Å². The minimum absolute atomic E-state index is 0.0241. The van der Waals surface area contributed by atoms with E-state index in [1.54, 1.807) is 21.6 Å². The van der Waals surface area contributed by atoms with Crippen molar-refractivity contribution in [1.29, 1.82) is 0 Å². The summed E-state index contributed by atoms with van der Waals surface area (Å²) in [7, 11) is 0. The fraction of sp³-hybridized carbons (Fsp3) is 0.500. The zero-order valence-electron chi connectivity index (χ0n) is 18.5. The SMILES string of the molecule is Cc1cc(C(=O)NC2CCc3nn(Cc4cccnc4)c(=O)n3CC2)n(C(C)(C)C)n1. The van der Waals surface area contributed by atoms with Crippen LogP contribution in [0.1, 0.15) is 61.2 Å².